The lowest BCUT2D eigenvalue weighted by atomic mass is 9.79. The minimum atomic E-state index is -1.82. The highest BCUT2D eigenvalue weighted by atomic mass is 32.1. The highest BCUT2D eigenvalue weighted by Gasteiger charge is 2.38. The average Bonchev–Trinajstić information content (AvgIpc) is 3.33. The van der Waals surface area contributed by atoms with Crippen molar-refractivity contribution in [1.29, 1.82) is 0 Å². The predicted molar refractivity (Wildman–Crippen MR) is 120 cm³/mol. The molecule has 7 nitrogen and oxygen atoms in total. The van der Waals surface area contributed by atoms with E-state index < -0.39 is 11.9 Å². The fourth-order valence-corrected chi connectivity index (χ4v) is 5.08. The van der Waals surface area contributed by atoms with Crippen molar-refractivity contribution < 1.29 is 29.3 Å². The van der Waals surface area contributed by atoms with Crippen molar-refractivity contribution in [3.8, 4) is 11.5 Å². The number of aliphatic carboxylic acids is 2. The molecule has 3 rings (SSSR count). The lowest BCUT2D eigenvalue weighted by Crippen LogP contribution is -2.45. The number of rotatable bonds is 7. The SMILES string of the molecule is COc1ccc(CCN(C)C2(c3cccs3)CCCCC2)cc1OC.O=C(O)C(=O)O. The topological polar surface area (TPSA) is 96.3 Å². The van der Waals surface area contributed by atoms with Crippen molar-refractivity contribution in [1.82, 2.24) is 4.90 Å². The van der Waals surface area contributed by atoms with E-state index in [-0.39, 0.29) is 5.54 Å². The fraction of sp³-hybridized carbons (Fsp3) is 0.478. The first-order chi connectivity index (χ1) is 14.8. The fourth-order valence-electron chi connectivity index (χ4n) is 4.04. The first kappa shape index (κ1) is 24.7. The van der Waals surface area contributed by atoms with Crippen molar-refractivity contribution in [3.63, 3.8) is 0 Å². The van der Waals surface area contributed by atoms with E-state index in [2.05, 4.69) is 41.6 Å². The maximum Gasteiger partial charge on any atom is 0.414 e. The second-order valence-electron chi connectivity index (χ2n) is 7.54. The van der Waals surface area contributed by atoms with Crippen LogP contribution in [0, 0.1) is 0 Å². The Labute approximate surface area is 187 Å². The molecule has 1 fully saturated rings. The molecule has 0 amide bonds. The molecule has 0 spiro atoms. The number of likely N-dealkylation sites (N-methyl/N-ethyl adjacent to an activating group) is 1. The largest absolute Gasteiger partial charge is 0.493 e. The number of nitrogens with zero attached hydrogens (tertiary/aromatic N) is 1. The van der Waals surface area contributed by atoms with Crippen molar-refractivity contribution in [2.24, 2.45) is 0 Å². The number of thiophene rings is 1. The molecule has 0 aliphatic heterocycles. The van der Waals surface area contributed by atoms with E-state index in [9.17, 15) is 0 Å². The number of methoxy groups -OCH3 is 2. The van der Waals surface area contributed by atoms with Crippen molar-refractivity contribution in [3.05, 3.63) is 46.2 Å². The van der Waals surface area contributed by atoms with Crippen LogP contribution in [0.3, 0.4) is 0 Å². The first-order valence-electron chi connectivity index (χ1n) is 10.3. The summed E-state index contributed by atoms with van der Waals surface area (Å²) in [5.41, 5.74) is 1.52. The number of benzene rings is 1. The summed E-state index contributed by atoms with van der Waals surface area (Å²) in [5, 5.41) is 17.0. The van der Waals surface area contributed by atoms with E-state index >= 15 is 0 Å². The van der Waals surface area contributed by atoms with Gasteiger partial charge in [-0.2, -0.15) is 0 Å². The summed E-state index contributed by atoms with van der Waals surface area (Å²) in [5.74, 6) is -2.04. The van der Waals surface area contributed by atoms with Crippen molar-refractivity contribution in [2.75, 3.05) is 27.8 Å². The van der Waals surface area contributed by atoms with Gasteiger partial charge < -0.3 is 19.7 Å². The van der Waals surface area contributed by atoms with Crippen LogP contribution in [0.5, 0.6) is 11.5 Å². The molecule has 0 unspecified atom stereocenters. The van der Waals surface area contributed by atoms with E-state index in [1.807, 2.05) is 17.4 Å². The van der Waals surface area contributed by atoms with Gasteiger partial charge in [-0.3, -0.25) is 4.90 Å². The number of carboxylic acids is 2. The Morgan fingerprint density at radius 2 is 1.68 bits per heavy atom. The molecule has 1 saturated carbocycles. The highest BCUT2D eigenvalue weighted by molar-refractivity contribution is 7.10. The zero-order chi connectivity index (χ0) is 22.9. The summed E-state index contributed by atoms with van der Waals surface area (Å²) in [6.45, 7) is 1.05. The van der Waals surface area contributed by atoms with Crippen LogP contribution >= 0.6 is 11.3 Å². The van der Waals surface area contributed by atoms with Crippen LogP contribution in [0.4, 0.5) is 0 Å². The van der Waals surface area contributed by atoms with Gasteiger partial charge in [0.1, 0.15) is 0 Å². The number of hydrogen-bond acceptors (Lipinski definition) is 6. The van der Waals surface area contributed by atoms with Gasteiger partial charge in [0.2, 0.25) is 0 Å². The van der Waals surface area contributed by atoms with Crippen molar-refractivity contribution in [2.45, 2.75) is 44.1 Å². The van der Waals surface area contributed by atoms with Crippen LogP contribution in [0.15, 0.2) is 35.7 Å². The third kappa shape index (κ3) is 6.45. The van der Waals surface area contributed by atoms with E-state index in [1.165, 1.54) is 42.5 Å². The van der Waals surface area contributed by atoms with E-state index in [0.717, 1.165) is 24.5 Å². The number of ether oxygens (including phenoxy) is 2. The molecule has 1 aliphatic carbocycles. The normalized spacial score (nSPS) is 15.0. The lowest BCUT2D eigenvalue weighted by Gasteiger charge is -2.44. The number of hydrogen-bond donors (Lipinski definition) is 2. The third-order valence-electron chi connectivity index (χ3n) is 5.76. The van der Waals surface area contributed by atoms with Gasteiger partial charge in [0.15, 0.2) is 11.5 Å². The molecule has 0 radical (unpaired) electrons. The predicted octanol–water partition coefficient (Wildman–Crippen LogP) is 4.25. The third-order valence-corrected chi connectivity index (χ3v) is 6.82. The molecule has 0 atom stereocenters. The summed E-state index contributed by atoms with van der Waals surface area (Å²) in [7, 11) is 5.67. The van der Waals surface area contributed by atoms with Gasteiger partial charge in [-0.1, -0.05) is 31.4 Å². The lowest BCUT2D eigenvalue weighted by molar-refractivity contribution is -0.159. The average molecular weight is 450 g/mol. The second kappa shape index (κ2) is 11.7. The van der Waals surface area contributed by atoms with Crippen LogP contribution in [0.1, 0.15) is 42.5 Å². The second-order valence-corrected chi connectivity index (χ2v) is 8.49. The molecule has 1 aromatic carbocycles. The summed E-state index contributed by atoms with van der Waals surface area (Å²) in [6.07, 6.45) is 7.60. The summed E-state index contributed by atoms with van der Waals surface area (Å²) < 4.78 is 10.8. The molecular formula is C23H31NO6S. The number of carboxylic acid groups (broad SMARTS) is 2. The Bertz CT molecular complexity index is 834. The summed E-state index contributed by atoms with van der Waals surface area (Å²) >= 11 is 1.91. The van der Waals surface area contributed by atoms with Crippen LogP contribution in [-0.4, -0.2) is 54.9 Å². The maximum atomic E-state index is 9.10. The smallest absolute Gasteiger partial charge is 0.414 e. The Morgan fingerprint density at radius 3 is 2.19 bits per heavy atom. The molecule has 2 aromatic rings. The van der Waals surface area contributed by atoms with Gasteiger partial charge in [-0.25, -0.2) is 9.59 Å². The van der Waals surface area contributed by atoms with Crippen LogP contribution < -0.4 is 9.47 Å². The standard InChI is InChI=1S/C21H29NO2S.C2H2O4/c1-22(14-11-17-9-10-18(23-2)19(16-17)24-3)21(12-5-4-6-13-21)20-8-7-15-25-20;3-1(4)2(5)6/h7-10,15-16H,4-6,11-14H2,1-3H3;(H,3,4)(H,5,6). The molecule has 1 aliphatic rings. The van der Waals surface area contributed by atoms with Gasteiger partial charge in [-0.05, 0) is 55.5 Å². The van der Waals surface area contributed by atoms with E-state index in [4.69, 9.17) is 29.3 Å². The zero-order valence-corrected chi connectivity index (χ0v) is 19.1. The molecular weight excluding hydrogens is 418 g/mol. The van der Waals surface area contributed by atoms with Gasteiger partial charge >= 0.3 is 11.9 Å². The Hall–Kier alpha value is -2.58. The molecule has 170 valence electrons. The summed E-state index contributed by atoms with van der Waals surface area (Å²) in [4.78, 5) is 22.3. The minimum Gasteiger partial charge on any atom is -0.493 e. The molecule has 2 N–H and O–H groups in total. The molecule has 0 bridgehead atoms. The molecule has 1 aromatic heterocycles. The summed E-state index contributed by atoms with van der Waals surface area (Å²) in [6, 6.07) is 10.8. The van der Waals surface area contributed by atoms with Gasteiger partial charge in [0.05, 0.1) is 19.8 Å². The first-order valence-corrected chi connectivity index (χ1v) is 11.1. The monoisotopic (exact) mass is 449 g/mol. The molecule has 0 saturated heterocycles. The van der Waals surface area contributed by atoms with Gasteiger partial charge in [-0.15, -0.1) is 11.3 Å². The van der Waals surface area contributed by atoms with Crippen molar-refractivity contribution >= 4 is 23.3 Å². The highest BCUT2D eigenvalue weighted by Crippen LogP contribution is 2.43. The Kier molecular flexibility index (Phi) is 9.33. The zero-order valence-electron chi connectivity index (χ0n) is 18.3. The quantitative estimate of drug-likeness (QED) is 0.610. The van der Waals surface area contributed by atoms with Gasteiger partial charge in [0, 0.05) is 11.4 Å². The van der Waals surface area contributed by atoms with Gasteiger partial charge in [0.25, 0.3) is 0 Å². The minimum absolute atomic E-state index is 0.225. The molecule has 31 heavy (non-hydrogen) atoms. The Morgan fingerprint density at radius 1 is 1.03 bits per heavy atom. The molecule has 1 heterocycles. The number of carbonyl (C=O) groups is 2. The Balaban J connectivity index is 0.000000501. The maximum absolute atomic E-state index is 9.10. The molecule has 8 heteroatoms. The van der Waals surface area contributed by atoms with E-state index in [0.29, 0.717) is 0 Å². The van der Waals surface area contributed by atoms with E-state index in [1.54, 1.807) is 14.2 Å². The van der Waals surface area contributed by atoms with Crippen LogP contribution in [0.25, 0.3) is 0 Å². The van der Waals surface area contributed by atoms with Crippen LogP contribution in [0.2, 0.25) is 0 Å². The van der Waals surface area contributed by atoms with Crippen LogP contribution in [-0.2, 0) is 21.5 Å².